The van der Waals surface area contributed by atoms with Gasteiger partial charge in [-0.1, -0.05) is 13.0 Å². The Hall–Kier alpha value is -2.04. The van der Waals surface area contributed by atoms with Crippen molar-refractivity contribution in [2.45, 2.75) is 26.2 Å². The molecule has 2 atom stereocenters. The van der Waals surface area contributed by atoms with Crippen LogP contribution in [0.15, 0.2) is 24.3 Å². The van der Waals surface area contributed by atoms with Gasteiger partial charge in [-0.15, -0.1) is 0 Å². The van der Waals surface area contributed by atoms with Gasteiger partial charge < -0.3 is 14.5 Å². The van der Waals surface area contributed by atoms with Crippen molar-refractivity contribution in [1.82, 2.24) is 4.90 Å². The summed E-state index contributed by atoms with van der Waals surface area (Å²) in [5.74, 6) is 1.20. The largest absolute Gasteiger partial charge is 0.497 e. The van der Waals surface area contributed by atoms with Crippen molar-refractivity contribution < 1.29 is 14.3 Å². The number of hydrogen-bond donors (Lipinski definition) is 0. The second-order valence-corrected chi connectivity index (χ2v) is 6.64. The molecule has 0 N–H and O–H groups in total. The van der Waals surface area contributed by atoms with Gasteiger partial charge in [0.05, 0.1) is 13.0 Å². The van der Waals surface area contributed by atoms with Gasteiger partial charge in [0.1, 0.15) is 5.75 Å². The number of benzene rings is 1. The average molecular weight is 316 g/mol. The molecule has 2 amide bonds. The summed E-state index contributed by atoms with van der Waals surface area (Å²) in [7, 11) is 1.61. The van der Waals surface area contributed by atoms with Crippen molar-refractivity contribution in [3.63, 3.8) is 0 Å². The molecule has 0 unspecified atom stereocenters. The maximum Gasteiger partial charge on any atom is 0.228 e. The third-order valence-electron chi connectivity index (χ3n) is 4.81. The van der Waals surface area contributed by atoms with Crippen molar-refractivity contribution in [3.8, 4) is 5.75 Å². The van der Waals surface area contributed by atoms with Crippen LogP contribution in [-0.2, 0) is 9.59 Å². The van der Waals surface area contributed by atoms with Crippen molar-refractivity contribution in [3.05, 3.63) is 24.3 Å². The lowest BCUT2D eigenvalue weighted by Crippen LogP contribution is -2.43. The lowest BCUT2D eigenvalue weighted by molar-refractivity contribution is -0.137. The standard InChI is InChI=1S/C18H24N2O3/c1-13-5-4-8-19(11-13)18(22)14-9-17(21)20(12-14)15-6-3-7-16(10-15)23-2/h3,6-7,10,13-14H,4-5,8-9,11-12H2,1-2H3/t13-,14-/m0/s1. The molecule has 5 heteroatoms. The predicted molar refractivity (Wildman–Crippen MR) is 88.4 cm³/mol. The van der Waals surface area contributed by atoms with Gasteiger partial charge >= 0.3 is 0 Å². The molecule has 3 rings (SSSR count). The van der Waals surface area contributed by atoms with E-state index in [1.54, 1.807) is 12.0 Å². The first-order chi connectivity index (χ1) is 11.1. The SMILES string of the molecule is COc1cccc(N2C[C@@H](C(=O)N3CCC[C@H](C)C3)CC2=O)c1. The summed E-state index contributed by atoms with van der Waals surface area (Å²) in [5.41, 5.74) is 0.802. The van der Waals surface area contributed by atoms with Crippen molar-refractivity contribution >= 4 is 17.5 Å². The molecule has 2 heterocycles. The number of rotatable bonds is 3. The fraction of sp³-hybridized carbons (Fsp3) is 0.556. The predicted octanol–water partition coefficient (Wildman–Crippen LogP) is 2.31. The summed E-state index contributed by atoms with van der Waals surface area (Å²) >= 11 is 0. The maximum atomic E-state index is 12.7. The highest BCUT2D eigenvalue weighted by atomic mass is 16.5. The number of likely N-dealkylation sites (tertiary alicyclic amines) is 1. The molecule has 0 saturated carbocycles. The van der Waals surface area contributed by atoms with Gasteiger partial charge in [-0.2, -0.15) is 0 Å². The second-order valence-electron chi connectivity index (χ2n) is 6.64. The van der Waals surface area contributed by atoms with Gasteiger partial charge in [0, 0.05) is 37.8 Å². The molecule has 23 heavy (non-hydrogen) atoms. The molecule has 0 bridgehead atoms. The van der Waals surface area contributed by atoms with E-state index in [1.165, 1.54) is 6.42 Å². The minimum Gasteiger partial charge on any atom is -0.497 e. The highest BCUT2D eigenvalue weighted by molar-refractivity contribution is 6.00. The third-order valence-corrected chi connectivity index (χ3v) is 4.81. The van der Waals surface area contributed by atoms with Crippen LogP contribution in [-0.4, -0.2) is 43.5 Å². The van der Waals surface area contributed by atoms with E-state index in [4.69, 9.17) is 4.74 Å². The lowest BCUT2D eigenvalue weighted by Gasteiger charge is -2.32. The number of amides is 2. The van der Waals surface area contributed by atoms with Gasteiger partial charge in [0.25, 0.3) is 0 Å². The lowest BCUT2D eigenvalue weighted by atomic mass is 9.98. The van der Waals surface area contributed by atoms with Crippen molar-refractivity contribution in [1.29, 1.82) is 0 Å². The number of ether oxygens (including phenoxy) is 1. The fourth-order valence-electron chi connectivity index (χ4n) is 3.55. The summed E-state index contributed by atoms with van der Waals surface area (Å²) in [6.45, 7) is 4.30. The van der Waals surface area contributed by atoms with E-state index in [-0.39, 0.29) is 17.7 Å². The number of piperidine rings is 1. The zero-order valence-electron chi connectivity index (χ0n) is 13.8. The Morgan fingerprint density at radius 2 is 2.13 bits per heavy atom. The van der Waals surface area contributed by atoms with E-state index < -0.39 is 0 Å². The average Bonchev–Trinajstić information content (AvgIpc) is 2.96. The molecule has 0 aromatic heterocycles. The molecule has 5 nitrogen and oxygen atoms in total. The van der Waals surface area contributed by atoms with E-state index in [9.17, 15) is 9.59 Å². The minimum absolute atomic E-state index is 0.0154. The summed E-state index contributed by atoms with van der Waals surface area (Å²) in [4.78, 5) is 28.7. The molecule has 1 aromatic rings. The molecule has 2 fully saturated rings. The number of nitrogens with zero attached hydrogens (tertiary/aromatic N) is 2. The Kier molecular flexibility index (Phi) is 4.55. The first-order valence-corrected chi connectivity index (χ1v) is 8.31. The zero-order chi connectivity index (χ0) is 16.4. The Bertz CT molecular complexity index is 602. The molecule has 1 aromatic carbocycles. The second kappa shape index (κ2) is 6.60. The highest BCUT2D eigenvalue weighted by Crippen LogP contribution is 2.29. The molecular formula is C18H24N2O3. The Labute approximate surface area is 137 Å². The van der Waals surface area contributed by atoms with Crippen LogP contribution >= 0.6 is 0 Å². The summed E-state index contributed by atoms with van der Waals surface area (Å²) < 4.78 is 5.22. The van der Waals surface area contributed by atoms with Crippen LogP contribution < -0.4 is 9.64 Å². The van der Waals surface area contributed by atoms with E-state index >= 15 is 0 Å². The molecule has 124 valence electrons. The normalized spacial score (nSPS) is 24.9. The van der Waals surface area contributed by atoms with Crippen LogP contribution in [0.25, 0.3) is 0 Å². The van der Waals surface area contributed by atoms with Crippen LogP contribution in [0, 0.1) is 11.8 Å². The highest BCUT2D eigenvalue weighted by Gasteiger charge is 2.38. The topological polar surface area (TPSA) is 49.9 Å². The van der Waals surface area contributed by atoms with E-state index in [0.717, 1.165) is 30.9 Å². The van der Waals surface area contributed by atoms with Gasteiger partial charge in [-0.3, -0.25) is 9.59 Å². The van der Waals surface area contributed by atoms with Crippen LogP contribution in [0.2, 0.25) is 0 Å². The van der Waals surface area contributed by atoms with Crippen molar-refractivity contribution in [2.24, 2.45) is 11.8 Å². The molecule has 0 spiro atoms. The summed E-state index contributed by atoms with van der Waals surface area (Å²) in [6.07, 6.45) is 2.55. The van der Waals surface area contributed by atoms with Crippen LogP contribution in [0.3, 0.4) is 0 Å². The van der Waals surface area contributed by atoms with E-state index in [0.29, 0.717) is 18.9 Å². The Morgan fingerprint density at radius 1 is 1.30 bits per heavy atom. The summed E-state index contributed by atoms with van der Waals surface area (Å²) in [6, 6.07) is 7.44. The van der Waals surface area contributed by atoms with E-state index in [2.05, 4.69) is 6.92 Å². The van der Waals surface area contributed by atoms with Gasteiger partial charge in [-0.25, -0.2) is 0 Å². The summed E-state index contributed by atoms with van der Waals surface area (Å²) in [5, 5.41) is 0. The number of carbonyl (C=O) groups is 2. The minimum atomic E-state index is -0.223. The number of hydrogen-bond acceptors (Lipinski definition) is 3. The van der Waals surface area contributed by atoms with Crippen LogP contribution in [0.1, 0.15) is 26.2 Å². The smallest absolute Gasteiger partial charge is 0.228 e. The van der Waals surface area contributed by atoms with Gasteiger partial charge in [0.15, 0.2) is 0 Å². The van der Waals surface area contributed by atoms with Gasteiger partial charge in [0.2, 0.25) is 11.8 Å². The quantitative estimate of drug-likeness (QED) is 0.860. The first-order valence-electron chi connectivity index (χ1n) is 8.31. The van der Waals surface area contributed by atoms with Crippen LogP contribution in [0.4, 0.5) is 5.69 Å². The molecule has 2 aliphatic heterocycles. The maximum absolute atomic E-state index is 12.7. The Morgan fingerprint density at radius 3 is 2.87 bits per heavy atom. The first kappa shape index (κ1) is 15.8. The zero-order valence-corrected chi connectivity index (χ0v) is 13.8. The molecule has 2 saturated heterocycles. The van der Waals surface area contributed by atoms with E-state index in [1.807, 2.05) is 29.2 Å². The van der Waals surface area contributed by atoms with Gasteiger partial charge in [-0.05, 0) is 30.9 Å². The fourth-order valence-corrected chi connectivity index (χ4v) is 3.55. The van der Waals surface area contributed by atoms with Crippen molar-refractivity contribution in [2.75, 3.05) is 31.6 Å². The van der Waals surface area contributed by atoms with Crippen LogP contribution in [0.5, 0.6) is 5.75 Å². The Balaban J connectivity index is 1.70. The number of carbonyl (C=O) groups excluding carboxylic acids is 2. The molecule has 0 radical (unpaired) electrons. The number of methoxy groups -OCH3 is 1. The molecular weight excluding hydrogens is 292 g/mol. The molecule has 2 aliphatic rings. The monoisotopic (exact) mass is 316 g/mol. The third kappa shape index (κ3) is 3.33. The molecule has 0 aliphatic carbocycles. The number of anilines is 1.